The van der Waals surface area contributed by atoms with E-state index in [0.717, 1.165) is 25.1 Å². The zero-order chi connectivity index (χ0) is 13.0. The average Bonchev–Trinajstić information content (AvgIpc) is 2.75. The lowest BCUT2D eigenvalue weighted by molar-refractivity contribution is 0.475. The van der Waals surface area contributed by atoms with Gasteiger partial charge in [-0.3, -0.25) is 4.68 Å². The molecule has 4 nitrogen and oxygen atoms in total. The number of rotatable bonds is 5. The number of aromatic hydroxyl groups is 1. The minimum atomic E-state index is 0.121. The first-order chi connectivity index (χ1) is 8.65. The average molecular weight is 266 g/mol. The van der Waals surface area contributed by atoms with Crippen LogP contribution in [0.25, 0.3) is 0 Å². The minimum absolute atomic E-state index is 0.121. The standard InChI is InChI=1S/C13H16ClN3O/c1-17-9-11(8-16-17)4-5-15-7-10-2-3-13(18)12(14)6-10/h2-3,6,8-9,15,18H,4-5,7H2,1H3. The molecule has 0 spiro atoms. The number of aromatic nitrogens is 2. The summed E-state index contributed by atoms with van der Waals surface area (Å²) in [7, 11) is 1.91. The molecule has 0 atom stereocenters. The minimum Gasteiger partial charge on any atom is -0.506 e. The Bertz CT molecular complexity index is 525. The van der Waals surface area contributed by atoms with Crippen LogP contribution in [0.2, 0.25) is 5.02 Å². The molecule has 96 valence electrons. The summed E-state index contributed by atoms with van der Waals surface area (Å²) >= 11 is 5.84. The van der Waals surface area contributed by atoms with Crippen LogP contribution in [0.15, 0.2) is 30.6 Å². The van der Waals surface area contributed by atoms with E-state index in [2.05, 4.69) is 10.4 Å². The molecule has 0 bridgehead atoms. The quantitative estimate of drug-likeness (QED) is 0.814. The summed E-state index contributed by atoms with van der Waals surface area (Å²) in [6.45, 7) is 1.62. The first-order valence-electron chi connectivity index (χ1n) is 5.81. The second kappa shape index (κ2) is 5.89. The number of halogens is 1. The van der Waals surface area contributed by atoms with Crippen LogP contribution in [0.4, 0.5) is 0 Å². The highest BCUT2D eigenvalue weighted by Crippen LogP contribution is 2.23. The van der Waals surface area contributed by atoms with Gasteiger partial charge in [0.15, 0.2) is 0 Å². The molecule has 0 saturated carbocycles. The van der Waals surface area contributed by atoms with Crippen molar-refractivity contribution in [2.24, 2.45) is 7.05 Å². The van der Waals surface area contributed by atoms with Crippen molar-refractivity contribution in [3.05, 3.63) is 46.7 Å². The third-order valence-electron chi connectivity index (χ3n) is 2.69. The predicted molar refractivity (Wildman–Crippen MR) is 71.7 cm³/mol. The van der Waals surface area contributed by atoms with Gasteiger partial charge in [-0.25, -0.2) is 0 Å². The van der Waals surface area contributed by atoms with Crippen LogP contribution in [-0.4, -0.2) is 21.4 Å². The summed E-state index contributed by atoms with van der Waals surface area (Å²) in [6, 6.07) is 5.24. The maximum absolute atomic E-state index is 9.30. The second-order valence-electron chi connectivity index (χ2n) is 4.23. The Balaban J connectivity index is 1.76. The number of benzene rings is 1. The van der Waals surface area contributed by atoms with Crippen molar-refractivity contribution in [3.63, 3.8) is 0 Å². The van der Waals surface area contributed by atoms with Gasteiger partial charge in [-0.1, -0.05) is 17.7 Å². The van der Waals surface area contributed by atoms with Crippen LogP contribution in [0.3, 0.4) is 0 Å². The molecular weight excluding hydrogens is 250 g/mol. The van der Waals surface area contributed by atoms with Gasteiger partial charge in [0.1, 0.15) is 5.75 Å². The van der Waals surface area contributed by atoms with Gasteiger partial charge in [0.05, 0.1) is 11.2 Å². The van der Waals surface area contributed by atoms with Crippen LogP contribution in [0, 0.1) is 0 Å². The molecular formula is C13H16ClN3O. The van der Waals surface area contributed by atoms with E-state index in [1.165, 1.54) is 5.56 Å². The van der Waals surface area contributed by atoms with Crippen LogP contribution >= 0.6 is 11.6 Å². The maximum Gasteiger partial charge on any atom is 0.134 e. The third kappa shape index (κ3) is 3.48. The molecule has 2 N–H and O–H groups in total. The number of phenolic OH excluding ortho intramolecular Hbond substituents is 1. The van der Waals surface area contributed by atoms with Crippen LogP contribution in [0.5, 0.6) is 5.75 Å². The van der Waals surface area contributed by atoms with Crippen molar-refractivity contribution in [1.82, 2.24) is 15.1 Å². The lowest BCUT2D eigenvalue weighted by Gasteiger charge is -2.05. The summed E-state index contributed by atoms with van der Waals surface area (Å²) in [5, 5.41) is 17.1. The molecule has 0 aliphatic carbocycles. The summed E-state index contributed by atoms with van der Waals surface area (Å²) < 4.78 is 1.80. The number of aryl methyl sites for hydroxylation is 1. The van der Waals surface area contributed by atoms with E-state index >= 15 is 0 Å². The molecule has 1 heterocycles. The number of hydrogen-bond acceptors (Lipinski definition) is 3. The van der Waals surface area contributed by atoms with Crippen molar-refractivity contribution < 1.29 is 5.11 Å². The van der Waals surface area contributed by atoms with Gasteiger partial charge in [-0.05, 0) is 36.2 Å². The largest absolute Gasteiger partial charge is 0.506 e. The molecule has 0 saturated heterocycles. The molecule has 18 heavy (non-hydrogen) atoms. The predicted octanol–water partition coefficient (Wildman–Crippen LogP) is 2.11. The van der Waals surface area contributed by atoms with Crippen molar-refractivity contribution >= 4 is 11.6 Å². The summed E-state index contributed by atoms with van der Waals surface area (Å²) in [4.78, 5) is 0. The number of nitrogens with zero attached hydrogens (tertiary/aromatic N) is 2. The number of hydrogen-bond donors (Lipinski definition) is 2. The van der Waals surface area contributed by atoms with Crippen molar-refractivity contribution in [2.75, 3.05) is 6.54 Å². The molecule has 0 fully saturated rings. The fraction of sp³-hybridized carbons (Fsp3) is 0.308. The Hall–Kier alpha value is -1.52. The van der Waals surface area contributed by atoms with Crippen LogP contribution < -0.4 is 5.32 Å². The maximum atomic E-state index is 9.30. The van der Waals surface area contributed by atoms with Crippen molar-refractivity contribution in [2.45, 2.75) is 13.0 Å². The highest BCUT2D eigenvalue weighted by Gasteiger charge is 2.00. The number of nitrogens with one attached hydrogen (secondary N) is 1. The molecule has 2 aromatic rings. The zero-order valence-corrected chi connectivity index (χ0v) is 11.0. The van der Waals surface area contributed by atoms with E-state index < -0.39 is 0 Å². The van der Waals surface area contributed by atoms with Gasteiger partial charge < -0.3 is 10.4 Å². The van der Waals surface area contributed by atoms with Gasteiger partial charge in [-0.15, -0.1) is 0 Å². The first kappa shape index (κ1) is 12.9. The Kier molecular flexibility index (Phi) is 4.23. The fourth-order valence-electron chi connectivity index (χ4n) is 1.73. The van der Waals surface area contributed by atoms with Gasteiger partial charge in [-0.2, -0.15) is 5.10 Å². The van der Waals surface area contributed by atoms with Gasteiger partial charge >= 0.3 is 0 Å². The molecule has 0 aliphatic rings. The smallest absolute Gasteiger partial charge is 0.134 e. The Morgan fingerprint density at radius 3 is 2.89 bits per heavy atom. The molecule has 0 amide bonds. The van der Waals surface area contributed by atoms with E-state index in [9.17, 15) is 5.11 Å². The molecule has 1 aromatic carbocycles. The third-order valence-corrected chi connectivity index (χ3v) is 2.99. The Morgan fingerprint density at radius 2 is 2.22 bits per heavy atom. The molecule has 1 aromatic heterocycles. The topological polar surface area (TPSA) is 50.1 Å². The van der Waals surface area contributed by atoms with E-state index in [-0.39, 0.29) is 5.75 Å². The lowest BCUT2D eigenvalue weighted by atomic mass is 10.2. The van der Waals surface area contributed by atoms with E-state index in [1.807, 2.05) is 25.5 Å². The second-order valence-corrected chi connectivity index (χ2v) is 4.64. The summed E-state index contributed by atoms with van der Waals surface area (Å²) in [6.07, 6.45) is 4.83. The Labute approximate surface area is 111 Å². The SMILES string of the molecule is Cn1cc(CCNCc2ccc(O)c(Cl)c2)cn1. The molecule has 0 unspecified atom stereocenters. The monoisotopic (exact) mass is 265 g/mol. The van der Waals surface area contributed by atoms with Gasteiger partial charge in [0.25, 0.3) is 0 Å². The highest BCUT2D eigenvalue weighted by atomic mass is 35.5. The van der Waals surface area contributed by atoms with Gasteiger partial charge in [0.2, 0.25) is 0 Å². The van der Waals surface area contributed by atoms with E-state index in [0.29, 0.717) is 5.02 Å². The number of phenols is 1. The van der Waals surface area contributed by atoms with Gasteiger partial charge in [0, 0.05) is 19.8 Å². The Morgan fingerprint density at radius 1 is 1.39 bits per heavy atom. The normalized spacial score (nSPS) is 10.8. The molecule has 5 heteroatoms. The van der Waals surface area contributed by atoms with Crippen LogP contribution in [-0.2, 0) is 20.0 Å². The fourth-order valence-corrected chi connectivity index (χ4v) is 1.93. The van der Waals surface area contributed by atoms with E-state index in [4.69, 9.17) is 11.6 Å². The summed E-state index contributed by atoms with van der Waals surface area (Å²) in [5.74, 6) is 0.121. The zero-order valence-electron chi connectivity index (χ0n) is 10.2. The molecule has 0 radical (unpaired) electrons. The van der Waals surface area contributed by atoms with Crippen LogP contribution in [0.1, 0.15) is 11.1 Å². The summed E-state index contributed by atoms with van der Waals surface area (Å²) in [5.41, 5.74) is 2.28. The molecule has 0 aliphatic heterocycles. The van der Waals surface area contributed by atoms with Crippen molar-refractivity contribution in [3.8, 4) is 5.75 Å². The highest BCUT2D eigenvalue weighted by molar-refractivity contribution is 6.32. The lowest BCUT2D eigenvalue weighted by Crippen LogP contribution is -2.16. The van der Waals surface area contributed by atoms with E-state index in [1.54, 1.807) is 16.8 Å². The van der Waals surface area contributed by atoms with Crippen molar-refractivity contribution in [1.29, 1.82) is 0 Å². The first-order valence-corrected chi connectivity index (χ1v) is 6.18. The molecule has 2 rings (SSSR count).